The molecule has 0 saturated carbocycles. The van der Waals surface area contributed by atoms with Gasteiger partial charge in [-0.1, -0.05) is 30.3 Å². The van der Waals surface area contributed by atoms with Crippen molar-refractivity contribution in [1.29, 1.82) is 5.26 Å². The van der Waals surface area contributed by atoms with E-state index in [1.165, 1.54) is 23.5 Å². The number of amides is 1. The number of nitrogens with zero attached hydrogens (tertiary/aromatic N) is 3. The van der Waals surface area contributed by atoms with Gasteiger partial charge in [-0.2, -0.15) is 5.26 Å². The average molecular weight is 487 g/mol. The number of aromatic amines is 1. The number of halogens is 1. The maximum atomic E-state index is 13.5. The van der Waals surface area contributed by atoms with Crippen LogP contribution < -0.4 is 10.5 Å². The Balaban J connectivity index is 1.61. The molecule has 1 N–H and O–H groups in total. The Morgan fingerprint density at radius 1 is 1.14 bits per heavy atom. The fraction of sp³-hybridized carbons (Fsp3) is 0.185. The molecule has 0 atom stereocenters. The first kappa shape index (κ1) is 24.0. The third-order valence-corrected chi connectivity index (χ3v) is 6.72. The molecule has 2 aromatic heterocycles. The highest BCUT2D eigenvalue weighted by Crippen LogP contribution is 2.29. The molecule has 4 aromatic rings. The van der Waals surface area contributed by atoms with Crippen molar-refractivity contribution in [1.82, 2.24) is 9.97 Å². The van der Waals surface area contributed by atoms with Crippen LogP contribution in [0.2, 0.25) is 0 Å². The zero-order valence-corrected chi connectivity index (χ0v) is 20.2. The van der Waals surface area contributed by atoms with E-state index >= 15 is 0 Å². The number of carbonyl (C=O) groups excluding carboxylic acids is 1. The van der Waals surface area contributed by atoms with Crippen molar-refractivity contribution in [2.24, 2.45) is 0 Å². The number of H-pyrrole nitrogens is 1. The Morgan fingerprint density at radius 2 is 1.86 bits per heavy atom. The fourth-order valence-electron chi connectivity index (χ4n) is 3.96. The minimum absolute atomic E-state index is 0.0723. The summed E-state index contributed by atoms with van der Waals surface area (Å²) in [5.41, 5.74) is 4.10. The van der Waals surface area contributed by atoms with Crippen LogP contribution in [0.15, 0.2) is 64.8 Å². The van der Waals surface area contributed by atoms with E-state index in [4.69, 9.17) is 0 Å². The van der Waals surface area contributed by atoms with Crippen LogP contribution in [0.3, 0.4) is 0 Å². The van der Waals surface area contributed by atoms with Crippen LogP contribution in [-0.2, 0) is 17.8 Å². The molecule has 0 bridgehead atoms. The van der Waals surface area contributed by atoms with E-state index in [1.54, 1.807) is 30.9 Å². The van der Waals surface area contributed by atoms with Crippen LogP contribution in [0.25, 0.3) is 11.3 Å². The lowest BCUT2D eigenvalue weighted by molar-refractivity contribution is -0.118. The Labute approximate surface area is 206 Å². The summed E-state index contributed by atoms with van der Waals surface area (Å²) in [5, 5.41) is 11.7. The zero-order valence-electron chi connectivity index (χ0n) is 19.3. The Hall–Kier alpha value is -4.09. The van der Waals surface area contributed by atoms with Gasteiger partial charge < -0.3 is 4.98 Å². The molecule has 35 heavy (non-hydrogen) atoms. The SMILES string of the molecule is Cc1[nH]c(=O)c(C#N)c(C)c1CCC(=O)N(Cc1ccccc1)c1nc(-c2ccc(F)cc2)cs1. The molecule has 176 valence electrons. The molecule has 0 aliphatic heterocycles. The number of aryl methyl sites for hydroxylation is 1. The third-order valence-electron chi connectivity index (χ3n) is 5.86. The van der Waals surface area contributed by atoms with Crippen molar-refractivity contribution in [3.8, 4) is 17.3 Å². The van der Waals surface area contributed by atoms with Gasteiger partial charge in [0.25, 0.3) is 5.56 Å². The van der Waals surface area contributed by atoms with E-state index in [0.717, 1.165) is 16.7 Å². The molecule has 0 spiro atoms. The molecule has 0 aliphatic rings. The molecule has 0 saturated heterocycles. The van der Waals surface area contributed by atoms with Crippen molar-refractivity contribution >= 4 is 22.4 Å². The highest BCUT2D eigenvalue weighted by atomic mass is 32.1. The van der Waals surface area contributed by atoms with Gasteiger partial charge in [0.1, 0.15) is 17.4 Å². The van der Waals surface area contributed by atoms with Crippen molar-refractivity contribution in [2.45, 2.75) is 33.2 Å². The number of nitrogens with one attached hydrogen (secondary N) is 1. The van der Waals surface area contributed by atoms with Crippen LogP contribution in [0.1, 0.15) is 34.4 Å². The summed E-state index contributed by atoms with van der Waals surface area (Å²) in [5.74, 6) is -0.449. The van der Waals surface area contributed by atoms with Crippen molar-refractivity contribution in [3.63, 3.8) is 0 Å². The normalized spacial score (nSPS) is 10.7. The fourth-order valence-corrected chi connectivity index (χ4v) is 4.81. The van der Waals surface area contributed by atoms with Crippen molar-refractivity contribution < 1.29 is 9.18 Å². The summed E-state index contributed by atoms with van der Waals surface area (Å²) >= 11 is 1.35. The number of benzene rings is 2. The summed E-state index contributed by atoms with van der Waals surface area (Å²) in [4.78, 5) is 34.5. The smallest absolute Gasteiger partial charge is 0.266 e. The Morgan fingerprint density at radius 3 is 2.54 bits per heavy atom. The molecular formula is C27H23FN4O2S. The number of hydrogen-bond acceptors (Lipinski definition) is 5. The van der Waals surface area contributed by atoms with Crippen LogP contribution in [-0.4, -0.2) is 15.9 Å². The van der Waals surface area contributed by atoms with E-state index in [2.05, 4.69) is 9.97 Å². The minimum atomic E-state index is -0.417. The van der Waals surface area contributed by atoms with Crippen LogP contribution in [0.5, 0.6) is 0 Å². The maximum absolute atomic E-state index is 13.5. The molecule has 2 heterocycles. The summed E-state index contributed by atoms with van der Waals surface area (Å²) in [6.45, 7) is 3.86. The van der Waals surface area contributed by atoms with Gasteiger partial charge in [0, 0.05) is 23.1 Å². The van der Waals surface area contributed by atoms with E-state index in [1.807, 2.05) is 41.8 Å². The largest absolute Gasteiger partial charge is 0.325 e. The molecule has 6 nitrogen and oxygen atoms in total. The van der Waals surface area contributed by atoms with Gasteiger partial charge in [-0.25, -0.2) is 9.37 Å². The first-order valence-corrected chi connectivity index (χ1v) is 11.9. The predicted molar refractivity (Wildman–Crippen MR) is 135 cm³/mol. The average Bonchev–Trinajstić information content (AvgIpc) is 3.33. The predicted octanol–water partition coefficient (Wildman–Crippen LogP) is 5.29. The number of nitriles is 1. The van der Waals surface area contributed by atoms with Crippen LogP contribution in [0, 0.1) is 31.0 Å². The van der Waals surface area contributed by atoms with Crippen LogP contribution in [0.4, 0.5) is 9.52 Å². The number of rotatable bonds is 7. The summed E-state index contributed by atoms with van der Waals surface area (Å²) < 4.78 is 13.3. The van der Waals surface area contributed by atoms with Crippen molar-refractivity contribution in [3.05, 3.63) is 104 Å². The molecular weight excluding hydrogens is 463 g/mol. The van der Waals surface area contributed by atoms with Crippen LogP contribution >= 0.6 is 11.3 Å². The third kappa shape index (κ3) is 5.36. The van der Waals surface area contributed by atoms with Gasteiger partial charge in [0.15, 0.2) is 5.13 Å². The molecule has 1 amide bonds. The standard InChI is InChI=1S/C27H23FN4O2S/c1-17-22(18(2)30-26(34)23(17)14-29)12-13-25(33)32(15-19-6-4-3-5-7-19)27-31-24(16-35-27)20-8-10-21(28)11-9-20/h3-11,16H,12-13,15H2,1-2H3,(H,30,34). The second-order valence-electron chi connectivity index (χ2n) is 8.16. The summed E-state index contributed by atoms with van der Waals surface area (Å²) in [6.07, 6.45) is 0.556. The molecule has 4 rings (SSSR count). The lowest BCUT2D eigenvalue weighted by Gasteiger charge is -2.21. The van der Waals surface area contributed by atoms with Gasteiger partial charge >= 0.3 is 0 Å². The first-order chi connectivity index (χ1) is 16.9. The number of aromatic nitrogens is 2. The number of anilines is 1. The summed E-state index contributed by atoms with van der Waals surface area (Å²) in [7, 11) is 0. The van der Waals surface area contributed by atoms with E-state index in [-0.39, 0.29) is 23.7 Å². The van der Waals surface area contributed by atoms with Gasteiger partial charge in [0.2, 0.25) is 5.91 Å². The molecule has 0 unspecified atom stereocenters. The molecule has 0 radical (unpaired) electrons. The van der Waals surface area contributed by atoms with E-state index in [0.29, 0.717) is 35.0 Å². The number of thiazole rings is 1. The lowest BCUT2D eigenvalue weighted by atomic mass is 9.99. The van der Waals surface area contributed by atoms with Crippen molar-refractivity contribution in [2.75, 3.05) is 4.90 Å². The minimum Gasteiger partial charge on any atom is -0.325 e. The van der Waals surface area contributed by atoms with Gasteiger partial charge in [0.05, 0.1) is 12.2 Å². The van der Waals surface area contributed by atoms with Gasteiger partial charge in [-0.05, 0) is 61.2 Å². The Kier molecular flexibility index (Phi) is 7.18. The zero-order chi connectivity index (χ0) is 24.9. The maximum Gasteiger partial charge on any atom is 0.266 e. The molecule has 8 heteroatoms. The monoisotopic (exact) mass is 486 g/mol. The highest BCUT2D eigenvalue weighted by molar-refractivity contribution is 7.14. The molecule has 2 aromatic carbocycles. The van der Waals surface area contributed by atoms with E-state index in [9.17, 15) is 19.2 Å². The first-order valence-electron chi connectivity index (χ1n) is 11.1. The second-order valence-corrected chi connectivity index (χ2v) is 8.99. The topological polar surface area (TPSA) is 89.8 Å². The lowest BCUT2D eigenvalue weighted by Crippen LogP contribution is -2.30. The summed E-state index contributed by atoms with van der Waals surface area (Å²) in [6, 6.07) is 17.7. The second kappa shape index (κ2) is 10.5. The Bertz CT molecular complexity index is 1450. The quantitative estimate of drug-likeness (QED) is 0.384. The highest BCUT2D eigenvalue weighted by Gasteiger charge is 2.21. The number of hydrogen-bond donors (Lipinski definition) is 1. The van der Waals surface area contributed by atoms with E-state index < -0.39 is 5.56 Å². The molecule has 0 fully saturated rings. The van der Waals surface area contributed by atoms with Gasteiger partial charge in [-0.15, -0.1) is 11.3 Å². The molecule has 0 aliphatic carbocycles. The van der Waals surface area contributed by atoms with Gasteiger partial charge in [-0.3, -0.25) is 14.5 Å². The number of carbonyl (C=O) groups is 1. The number of pyridine rings is 1.